The Kier molecular flexibility index (Phi) is 4.95. The normalized spacial score (nSPS) is 11.9. The summed E-state index contributed by atoms with van der Waals surface area (Å²) in [6.45, 7) is 0. The number of carboxylic acids is 1. The van der Waals surface area contributed by atoms with E-state index in [-0.39, 0.29) is 11.3 Å². The van der Waals surface area contributed by atoms with E-state index in [9.17, 15) is 9.00 Å². The van der Waals surface area contributed by atoms with E-state index in [0.717, 1.165) is 0 Å². The summed E-state index contributed by atoms with van der Waals surface area (Å²) >= 11 is 3.82. The van der Waals surface area contributed by atoms with E-state index in [4.69, 9.17) is 26.0 Å². The predicted octanol–water partition coefficient (Wildman–Crippen LogP) is 3.55. The van der Waals surface area contributed by atoms with Gasteiger partial charge in [0, 0.05) is 10.6 Å². The van der Waals surface area contributed by atoms with Crippen molar-refractivity contribution in [1.82, 2.24) is 0 Å². The molecule has 1 unspecified atom stereocenters. The Morgan fingerprint density at radius 2 is 2.00 bits per heavy atom. The molecule has 0 spiro atoms. The summed E-state index contributed by atoms with van der Waals surface area (Å²) in [5.74, 6) is -0.520. The van der Waals surface area contributed by atoms with Gasteiger partial charge >= 0.3 is 5.97 Å². The van der Waals surface area contributed by atoms with Crippen molar-refractivity contribution in [3.05, 3.63) is 58.6 Å². The van der Waals surface area contributed by atoms with Crippen LogP contribution < -0.4 is 4.74 Å². The van der Waals surface area contributed by atoms with Crippen LogP contribution in [0.4, 0.5) is 0 Å². The molecule has 0 amide bonds. The van der Waals surface area contributed by atoms with Gasteiger partial charge in [0.25, 0.3) is 0 Å². The summed E-state index contributed by atoms with van der Waals surface area (Å²) in [4.78, 5) is 10.9. The van der Waals surface area contributed by atoms with Gasteiger partial charge < -0.3 is 14.4 Å². The molecule has 0 saturated carbocycles. The molecule has 0 heterocycles. The quantitative estimate of drug-likeness (QED) is 0.821. The van der Waals surface area contributed by atoms with Gasteiger partial charge in [0.1, 0.15) is 11.5 Å². The van der Waals surface area contributed by atoms with Crippen molar-refractivity contribution in [2.24, 2.45) is 0 Å². The third kappa shape index (κ3) is 4.29. The lowest BCUT2D eigenvalue weighted by atomic mass is 10.2. The fraction of sp³-hybridized carbons (Fsp3) is 0.0714. The molecule has 2 rings (SSSR count). The maximum atomic E-state index is 11.0. The van der Waals surface area contributed by atoms with E-state index in [2.05, 4.69) is 0 Å². The molecule has 5 nitrogen and oxygen atoms in total. The number of ether oxygens (including phenoxy) is 1. The molecule has 0 saturated heterocycles. The van der Waals surface area contributed by atoms with Crippen LogP contribution in [-0.2, 0) is 16.8 Å². The minimum absolute atomic E-state index is 0.0914. The molecule has 2 aromatic carbocycles. The van der Waals surface area contributed by atoms with Crippen molar-refractivity contribution in [1.29, 1.82) is 0 Å². The Labute approximate surface area is 128 Å². The van der Waals surface area contributed by atoms with Crippen molar-refractivity contribution in [2.75, 3.05) is 0 Å². The van der Waals surface area contributed by atoms with Gasteiger partial charge in [-0.25, -0.2) is 9.00 Å². The Morgan fingerprint density at radius 3 is 2.67 bits per heavy atom. The number of hydrogen-bond donors (Lipinski definition) is 2. The zero-order valence-corrected chi connectivity index (χ0v) is 12.2. The summed E-state index contributed by atoms with van der Waals surface area (Å²) in [5, 5.41) is 9.36. The van der Waals surface area contributed by atoms with Gasteiger partial charge in [-0.2, -0.15) is 0 Å². The Morgan fingerprint density at radius 1 is 1.24 bits per heavy atom. The highest BCUT2D eigenvalue weighted by Gasteiger charge is 2.10. The maximum absolute atomic E-state index is 11.0. The van der Waals surface area contributed by atoms with Gasteiger partial charge in [-0.3, -0.25) is 0 Å². The van der Waals surface area contributed by atoms with Gasteiger partial charge in [-0.05, 0) is 36.4 Å². The summed E-state index contributed by atoms with van der Waals surface area (Å²) in [6, 6.07) is 10.7. The molecule has 2 aromatic rings. The highest BCUT2D eigenvalue weighted by Crippen LogP contribution is 2.29. The van der Waals surface area contributed by atoms with Crippen LogP contribution in [0.2, 0.25) is 5.02 Å². The number of aromatic carboxylic acids is 1. The van der Waals surface area contributed by atoms with Crippen LogP contribution in [-0.4, -0.2) is 19.8 Å². The fourth-order valence-electron chi connectivity index (χ4n) is 1.71. The topological polar surface area (TPSA) is 83.8 Å². The van der Waals surface area contributed by atoms with Crippen LogP contribution in [0.1, 0.15) is 15.9 Å². The van der Waals surface area contributed by atoms with Crippen LogP contribution in [0.3, 0.4) is 0 Å². The molecule has 1 atom stereocenters. The number of hydrogen-bond acceptors (Lipinski definition) is 3. The van der Waals surface area contributed by atoms with Crippen molar-refractivity contribution < 1.29 is 23.4 Å². The van der Waals surface area contributed by atoms with E-state index in [1.807, 2.05) is 0 Å². The standard InChI is InChI=1S/C14H11ClO5S/c15-11-4-5-13(10(6-11)8-21(18)19)20-12-3-1-2-9(7-12)14(16)17/h1-7H,8H2,(H,16,17)(H,18,19). The molecule has 2 N–H and O–H groups in total. The minimum atomic E-state index is -2.04. The third-order valence-electron chi connectivity index (χ3n) is 2.61. The van der Waals surface area contributed by atoms with Crippen LogP contribution in [0, 0.1) is 0 Å². The monoisotopic (exact) mass is 326 g/mol. The zero-order valence-electron chi connectivity index (χ0n) is 10.7. The van der Waals surface area contributed by atoms with E-state index in [0.29, 0.717) is 22.1 Å². The summed E-state index contributed by atoms with van der Waals surface area (Å²) in [5.41, 5.74) is 0.554. The van der Waals surface area contributed by atoms with E-state index in [1.165, 1.54) is 18.2 Å². The van der Waals surface area contributed by atoms with Crippen molar-refractivity contribution >= 4 is 28.7 Å². The molecular formula is C14H11ClO5S. The Hall–Kier alpha value is -1.89. The van der Waals surface area contributed by atoms with Crippen LogP contribution >= 0.6 is 11.6 Å². The molecule has 0 bridgehead atoms. The van der Waals surface area contributed by atoms with Gasteiger partial charge in [-0.15, -0.1) is 0 Å². The van der Waals surface area contributed by atoms with Crippen molar-refractivity contribution in [2.45, 2.75) is 5.75 Å². The molecule has 0 fully saturated rings. The lowest BCUT2D eigenvalue weighted by molar-refractivity contribution is 0.0696. The average molecular weight is 327 g/mol. The summed E-state index contributed by atoms with van der Waals surface area (Å²) in [6.07, 6.45) is 0. The van der Waals surface area contributed by atoms with Crippen LogP contribution in [0.25, 0.3) is 0 Å². The molecule has 0 aliphatic heterocycles. The predicted molar refractivity (Wildman–Crippen MR) is 79.4 cm³/mol. The highest BCUT2D eigenvalue weighted by atomic mass is 35.5. The third-order valence-corrected chi connectivity index (χ3v) is 3.40. The second-order valence-corrected chi connectivity index (χ2v) is 5.52. The number of rotatable bonds is 5. The van der Waals surface area contributed by atoms with Crippen LogP contribution in [0.15, 0.2) is 42.5 Å². The van der Waals surface area contributed by atoms with Crippen molar-refractivity contribution in [3.8, 4) is 11.5 Å². The van der Waals surface area contributed by atoms with Crippen molar-refractivity contribution in [3.63, 3.8) is 0 Å². The fourth-order valence-corrected chi connectivity index (χ4v) is 2.40. The number of carbonyl (C=O) groups is 1. The second kappa shape index (κ2) is 6.71. The molecule has 0 aliphatic rings. The first kappa shape index (κ1) is 15.5. The number of halogens is 1. The lowest BCUT2D eigenvalue weighted by Gasteiger charge is -2.11. The Bertz CT molecular complexity index is 702. The van der Waals surface area contributed by atoms with E-state index in [1.54, 1.807) is 24.3 Å². The molecule has 7 heteroatoms. The SMILES string of the molecule is O=C(O)c1cccc(Oc2ccc(Cl)cc2CS(=O)O)c1. The average Bonchev–Trinajstić information content (AvgIpc) is 2.41. The van der Waals surface area contributed by atoms with Gasteiger partial charge in [0.15, 0.2) is 11.1 Å². The summed E-state index contributed by atoms with van der Waals surface area (Å²) < 4.78 is 25.6. The first-order valence-corrected chi connectivity index (χ1v) is 7.48. The lowest BCUT2D eigenvalue weighted by Crippen LogP contribution is -1.99. The van der Waals surface area contributed by atoms with E-state index >= 15 is 0 Å². The smallest absolute Gasteiger partial charge is 0.335 e. The minimum Gasteiger partial charge on any atom is -0.478 e. The highest BCUT2D eigenvalue weighted by molar-refractivity contribution is 7.78. The maximum Gasteiger partial charge on any atom is 0.335 e. The molecule has 110 valence electrons. The molecule has 0 aliphatic carbocycles. The number of carboxylic acid groups (broad SMARTS) is 1. The Balaban J connectivity index is 2.32. The van der Waals surface area contributed by atoms with Gasteiger partial charge in [0.05, 0.1) is 11.3 Å². The summed E-state index contributed by atoms with van der Waals surface area (Å²) in [7, 11) is 0. The first-order valence-electron chi connectivity index (χ1n) is 5.83. The zero-order chi connectivity index (χ0) is 15.4. The first-order chi connectivity index (χ1) is 9.95. The molecule has 0 aromatic heterocycles. The molecular weight excluding hydrogens is 316 g/mol. The molecule has 21 heavy (non-hydrogen) atoms. The van der Waals surface area contributed by atoms with Crippen LogP contribution in [0.5, 0.6) is 11.5 Å². The van der Waals surface area contributed by atoms with Gasteiger partial charge in [0.2, 0.25) is 0 Å². The van der Waals surface area contributed by atoms with Gasteiger partial charge in [-0.1, -0.05) is 17.7 Å². The second-order valence-electron chi connectivity index (χ2n) is 4.15. The largest absolute Gasteiger partial charge is 0.478 e. The number of benzene rings is 2. The van der Waals surface area contributed by atoms with E-state index < -0.39 is 17.0 Å². The molecule has 0 radical (unpaired) electrons.